The maximum absolute atomic E-state index is 12.2. The molecule has 3 rings (SSSR count). The van der Waals surface area contributed by atoms with Gasteiger partial charge in [0.05, 0.1) is 0 Å². The molecule has 2 aromatic carbocycles. The van der Waals surface area contributed by atoms with Gasteiger partial charge in [-0.3, -0.25) is 4.90 Å². The number of aryl methyl sites for hydroxylation is 1. The molecule has 1 saturated heterocycles. The van der Waals surface area contributed by atoms with Crippen LogP contribution in [0.1, 0.15) is 32.3 Å². The summed E-state index contributed by atoms with van der Waals surface area (Å²) in [6, 6.07) is 16.8. The van der Waals surface area contributed by atoms with E-state index in [-0.39, 0.29) is 12.0 Å². The molecule has 30 heavy (non-hydrogen) atoms. The highest BCUT2D eigenvalue weighted by Gasteiger charge is 2.28. The average Bonchev–Trinajstić information content (AvgIpc) is 2.78. The SMILES string of the molecule is CCCNOC(=O)C(C)N1CCNC(CCc2ccc(-c3ccc(Cl)cc3)cc2)C1. The Morgan fingerprint density at radius 2 is 1.87 bits per heavy atom. The molecule has 2 aromatic rings. The number of carbonyl (C=O) groups excluding carboxylic acids is 1. The first kappa shape index (κ1) is 22.8. The van der Waals surface area contributed by atoms with Crippen LogP contribution in [0.25, 0.3) is 11.1 Å². The number of hydrogen-bond donors (Lipinski definition) is 2. The third-order valence-electron chi connectivity index (χ3n) is 5.61. The summed E-state index contributed by atoms with van der Waals surface area (Å²) in [4.78, 5) is 19.6. The molecule has 1 aliphatic heterocycles. The highest BCUT2D eigenvalue weighted by atomic mass is 35.5. The molecular weight excluding hydrogens is 398 g/mol. The fraction of sp³-hybridized carbons (Fsp3) is 0.458. The molecule has 0 aliphatic carbocycles. The average molecular weight is 430 g/mol. The molecule has 1 aliphatic rings. The molecule has 0 spiro atoms. The molecule has 0 aromatic heterocycles. The van der Waals surface area contributed by atoms with E-state index < -0.39 is 0 Å². The van der Waals surface area contributed by atoms with Crippen molar-refractivity contribution in [3.63, 3.8) is 0 Å². The molecule has 6 heteroatoms. The Labute approximate surface area is 184 Å². The van der Waals surface area contributed by atoms with Crippen molar-refractivity contribution < 1.29 is 9.63 Å². The fourth-order valence-corrected chi connectivity index (χ4v) is 3.83. The summed E-state index contributed by atoms with van der Waals surface area (Å²) < 4.78 is 0. The number of hydroxylamine groups is 1. The molecule has 5 nitrogen and oxygen atoms in total. The van der Waals surface area contributed by atoms with E-state index in [0.29, 0.717) is 12.6 Å². The molecule has 162 valence electrons. The zero-order valence-electron chi connectivity index (χ0n) is 17.9. The minimum absolute atomic E-state index is 0.207. The lowest BCUT2D eigenvalue weighted by Crippen LogP contribution is -2.55. The van der Waals surface area contributed by atoms with Crippen LogP contribution in [0.3, 0.4) is 0 Å². The Kier molecular flexibility index (Phi) is 8.70. The number of nitrogens with one attached hydrogen (secondary N) is 2. The van der Waals surface area contributed by atoms with E-state index in [9.17, 15) is 4.79 Å². The second-order valence-corrected chi connectivity index (χ2v) is 8.32. The lowest BCUT2D eigenvalue weighted by Gasteiger charge is -2.36. The van der Waals surface area contributed by atoms with Gasteiger partial charge in [-0.25, -0.2) is 4.79 Å². The Morgan fingerprint density at radius 1 is 1.20 bits per heavy atom. The van der Waals surface area contributed by atoms with E-state index in [4.69, 9.17) is 16.4 Å². The summed E-state index contributed by atoms with van der Waals surface area (Å²) in [5, 5.41) is 4.34. The van der Waals surface area contributed by atoms with Crippen molar-refractivity contribution in [1.29, 1.82) is 0 Å². The largest absolute Gasteiger partial charge is 0.369 e. The van der Waals surface area contributed by atoms with Crippen molar-refractivity contribution in [3.05, 3.63) is 59.1 Å². The summed E-state index contributed by atoms with van der Waals surface area (Å²) in [7, 11) is 0. The number of rotatable bonds is 9. The van der Waals surface area contributed by atoms with Crippen LogP contribution in [0, 0.1) is 0 Å². The molecule has 2 unspecified atom stereocenters. The van der Waals surface area contributed by atoms with Gasteiger partial charge in [-0.05, 0) is 55.0 Å². The van der Waals surface area contributed by atoms with Gasteiger partial charge in [-0.2, -0.15) is 5.48 Å². The van der Waals surface area contributed by atoms with E-state index in [1.54, 1.807) is 0 Å². The van der Waals surface area contributed by atoms with E-state index in [0.717, 1.165) is 43.9 Å². The summed E-state index contributed by atoms with van der Waals surface area (Å²) in [6.07, 6.45) is 2.97. The van der Waals surface area contributed by atoms with Gasteiger partial charge in [0.1, 0.15) is 6.04 Å². The van der Waals surface area contributed by atoms with Crippen molar-refractivity contribution in [3.8, 4) is 11.1 Å². The molecule has 0 saturated carbocycles. The number of piperazine rings is 1. The molecule has 1 fully saturated rings. The first-order valence-electron chi connectivity index (χ1n) is 10.8. The van der Waals surface area contributed by atoms with Gasteiger partial charge in [0.15, 0.2) is 0 Å². The lowest BCUT2D eigenvalue weighted by molar-refractivity contribution is -0.157. The summed E-state index contributed by atoms with van der Waals surface area (Å²) in [5.41, 5.74) is 6.42. The predicted molar refractivity (Wildman–Crippen MR) is 122 cm³/mol. The zero-order valence-corrected chi connectivity index (χ0v) is 18.6. The Bertz CT molecular complexity index is 795. The van der Waals surface area contributed by atoms with Crippen LogP contribution in [0.4, 0.5) is 0 Å². The number of nitrogens with zero attached hydrogens (tertiary/aromatic N) is 1. The second kappa shape index (κ2) is 11.5. The smallest absolute Gasteiger partial charge is 0.341 e. The van der Waals surface area contributed by atoms with E-state index >= 15 is 0 Å². The van der Waals surface area contributed by atoms with E-state index in [2.05, 4.69) is 40.0 Å². The lowest BCUT2D eigenvalue weighted by atomic mass is 9.99. The monoisotopic (exact) mass is 429 g/mol. The third kappa shape index (κ3) is 6.54. The first-order valence-corrected chi connectivity index (χ1v) is 11.2. The normalized spacial score (nSPS) is 18.2. The number of carbonyl (C=O) groups is 1. The quantitative estimate of drug-likeness (QED) is 0.465. The predicted octanol–water partition coefficient (Wildman–Crippen LogP) is 4.06. The van der Waals surface area contributed by atoms with Crippen molar-refractivity contribution in [2.24, 2.45) is 0 Å². The molecule has 0 amide bonds. The molecule has 0 radical (unpaired) electrons. The van der Waals surface area contributed by atoms with Gasteiger partial charge >= 0.3 is 5.97 Å². The van der Waals surface area contributed by atoms with E-state index in [1.165, 1.54) is 16.7 Å². The topological polar surface area (TPSA) is 53.6 Å². The van der Waals surface area contributed by atoms with Gasteiger partial charge in [0, 0.05) is 37.2 Å². The number of benzene rings is 2. The molecule has 0 bridgehead atoms. The standard InChI is InChI=1S/C24H32ClN3O2/c1-3-14-27-30-24(29)18(2)28-16-15-26-23(17-28)13-6-19-4-7-20(8-5-19)21-9-11-22(25)12-10-21/h4-5,7-12,18,23,26-27H,3,6,13-17H2,1-2H3. The van der Waals surface area contributed by atoms with Crippen LogP contribution in [-0.2, 0) is 16.1 Å². The Morgan fingerprint density at radius 3 is 2.53 bits per heavy atom. The highest BCUT2D eigenvalue weighted by Crippen LogP contribution is 2.22. The number of hydrogen-bond acceptors (Lipinski definition) is 5. The molecule has 2 atom stereocenters. The minimum atomic E-state index is -0.238. The van der Waals surface area contributed by atoms with Crippen molar-refractivity contribution in [2.75, 3.05) is 26.2 Å². The van der Waals surface area contributed by atoms with Crippen molar-refractivity contribution >= 4 is 17.6 Å². The maximum atomic E-state index is 12.2. The van der Waals surface area contributed by atoms with Gasteiger partial charge in [-0.1, -0.05) is 54.9 Å². The van der Waals surface area contributed by atoms with Crippen LogP contribution in [0.5, 0.6) is 0 Å². The first-order chi connectivity index (χ1) is 14.6. The molecule has 2 N–H and O–H groups in total. The van der Waals surface area contributed by atoms with Crippen LogP contribution in [0.2, 0.25) is 5.02 Å². The third-order valence-corrected chi connectivity index (χ3v) is 5.87. The summed E-state index contributed by atoms with van der Waals surface area (Å²) in [5.74, 6) is -0.207. The van der Waals surface area contributed by atoms with Crippen LogP contribution in [-0.4, -0.2) is 49.1 Å². The van der Waals surface area contributed by atoms with Gasteiger partial charge in [0.2, 0.25) is 0 Å². The summed E-state index contributed by atoms with van der Waals surface area (Å²) in [6.45, 7) is 7.24. The highest BCUT2D eigenvalue weighted by molar-refractivity contribution is 6.30. The van der Waals surface area contributed by atoms with Gasteiger partial charge in [-0.15, -0.1) is 0 Å². The van der Waals surface area contributed by atoms with Crippen LogP contribution < -0.4 is 10.8 Å². The second-order valence-electron chi connectivity index (χ2n) is 7.88. The van der Waals surface area contributed by atoms with E-state index in [1.807, 2.05) is 38.1 Å². The fourth-order valence-electron chi connectivity index (χ4n) is 3.70. The zero-order chi connectivity index (χ0) is 21.3. The van der Waals surface area contributed by atoms with Gasteiger partial charge in [0.25, 0.3) is 0 Å². The minimum Gasteiger partial charge on any atom is -0.369 e. The van der Waals surface area contributed by atoms with Crippen molar-refractivity contribution in [1.82, 2.24) is 15.7 Å². The summed E-state index contributed by atoms with van der Waals surface area (Å²) >= 11 is 5.98. The number of halogens is 1. The van der Waals surface area contributed by atoms with Crippen molar-refractivity contribution in [2.45, 2.75) is 45.2 Å². The van der Waals surface area contributed by atoms with Crippen LogP contribution in [0.15, 0.2) is 48.5 Å². The maximum Gasteiger partial charge on any atom is 0.341 e. The van der Waals surface area contributed by atoms with Gasteiger partial charge < -0.3 is 10.2 Å². The molecule has 1 heterocycles. The molecular formula is C24H32ClN3O2. The Balaban J connectivity index is 1.48. The van der Waals surface area contributed by atoms with Crippen LogP contribution >= 0.6 is 11.6 Å². The Hall–Kier alpha value is -1.92.